The van der Waals surface area contributed by atoms with Gasteiger partial charge >= 0.3 is 0 Å². The number of anilines is 6. The second-order valence-electron chi connectivity index (χ2n) is 39.8. The van der Waals surface area contributed by atoms with Crippen molar-refractivity contribution in [1.29, 1.82) is 0 Å². The molecule has 3 aliphatic heterocycles. The normalized spacial score (nSPS) is 13.7. The lowest BCUT2D eigenvalue weighted by molar-refractivity contribution is 0.434. The minimum Gasteiger partial charge on any atom is -0.457 e. The van der Waals surface area contributed by atoms with Crippen molar-refractivity contribution in [2.45, 2.75) is 163 Å². The molecular weight excluding hydrogens is 1440 g/mol. The highest BCUT2D eigenvalue weighted by Crippen LogP contribution is 2.60. The maximum atomic E-state index is 7.32. The van der Waals surface area contributed by atoms with E-state index in [1.807, 2.05) is 0 Å². The fourth-order valence-corrected chi connectivity index (χ4v) is 18.7. The van der Waals surface area contributed by atoms with Gasteiger partial charge in [-0.15, -0.1) is 0 Å². The van der Waals surface area contributed by atoms with E-state index in [0.717, 1.165) is 135 Å². The van der Waals surface area contributed by atoms with Gasteiger partial charge in [-0.1, -0.05) is 392 Å². The van der Waals surface area contributed by atoms with Gasteiger partial charge < -0.3 is 14.5 Å². The van der Waals surface area contributed by atoms with Crippen LogP contribution in [0.5, 0.6) is 11.5 Å². The third kappa shape index (κ3) is 13.9. The van der Waals surface area contributed by atoms with Gasteiger partial charge in [0.05, 0.1) is 16.8 Å². The van der Waals surface area contributed by atoms with Crippen LogP contribution in [-0.2, 0) is 37.9 Å². The molecule has 0 amide bonds. The smallest absolute Gasteiger partial charge is 0.252 e. The molecule has 3 nitrogen and oxygen atoms in total. The van der Waals surface area contributed by atoms with Crippen molar-refractivity contribution < 1.29 is 4.74 Å². The van der Waals surface area contributed by atoms with Crippen molar-refractivity contribution in [1.82, 2.24) is 0 Å². The van der Waals surface area contributed by atoms with Crippen molar-refractivity contribution >= 4 is 57.2 Å². The Morgan fingerprint density at radius 2 is 0.504 bits per heavy atom. The molecule has 0 radical (unpaired) electrons. The molecule has 0 aliphatic carbocycles. The fraction of sp³-hybridized carbons (Fsp3) is 0.217. The van der Waals surface area contributed by atoms with Crippen LogP contribution in [0.4, 0.5) is 34.1 Å². The number of hydrogen-bond donors (Lipinski definition) is 0. The van der Waals surface area contributed by atoms with Crippen LogP contribution < -0.4 is 30.9 Å². The van der Waals surface area contributed by atoms with E-state index in [0.29, 0.717) is 0 Å². The minimum atomic E-state index is -0.804. The molecule has 15 aromatic rings. The van der Waals surface area contributed by atoms with Gasteiger partial charge in [0.1, 0.15) is 11.5 Å². The Bertz CT molecular complexity index is 5890. The second-order valence-corrected chi connectivity index (χ2v) is 39.8. The van der Waals surface area contributed by atoms with E-state index in [1.54, 1.807) is 0 Å². The van der Waals surface area contributed by atoms with E-state index in [4.69, 9.17) is 4.74 Å². The lowest BCUT2D eigenvalue weighted by atomic mass is 9.33. The molecule has 4 heteroatoms. The molecule has 0 fully saturated rings. The third-order valence-electron chi connectivity index (χ3n) is 25.4. The summed E-state index contributed by atoms with van der Waals surface area (Å²) in [5, 5.41) is 0. The Hall–Kier alpha value is -12.2. The number of hydrogen-bond acceptors (Lipinski definition) is 3. The van der Waals surface area contributed by atoms with Crippen molar-refractivity contribution in [2.75, 3.05) is 9.80 Å². The molecule has 0 atom stereocenters. The topological polar surface area (TPSA) is 15.7 Å². The largest absolute Gasteiger partial charge is 0.457 e. The molecule has 0 unspecified atom stereocenters. The van der Waals surface area contributed by atoms with Crippen LogP contribution in [0, 0.1) is 0 Å². The number of para-hydroxylation sites is 1. The van der Waals surface area contributed by atoms with Gasteiger partial charge in [-0.05, 0) is 216 Å². The van der Waals surface area contributed by atoms with Crippen LogP contribution >= 0.6 is 0 Å². The highest BCUT2D eigenvalue weighted by molar-refractivity contribution is 7.00. The van der Waals surface area contributed by atoms with Gasteiger partial charge in [0.15, 0.2) is 0 Å². The summed E-state index contributed by atoms with van der Waals surface area (Å²) in [5.41, 5.74) is 36.8. The van der Waals surface area contributed by atoms with E-state index in [9.17, 15) is 0 Å². The number of rotatable bonds is 11. The summed E-state index contributed by atoms with van der Waals surface area (Å²) in [5.74, 6) is 1.66. The molecule has 588 valence electrons. The summed E-state index contributed by atoms with van der Waals surface area (Å²) in [6.07, 6.45) is 0. The molecule has 3 aliphatic rings. The van der Waals surface area contributed by atoms with Gasteiger partial charge in [0, 0.05) is 56.1 Å². The molecule has 15 aromatic carbocycles. The maximum Gasteiger partial charge on any atom is 0.252 e. The van der Waals surface area contributed by atoms with Gasteiger partial charge in [0.2, 0.25) is 0 Å². The molecule has 119 heavy (non-hydrogen) atoms. The summed E-state index contributed by atoms with van der Waals surface area (Å²) in [7, 11) is 0. The number of benzene rings is 15. The Morgan fingerprint density at radius 1 is 0.227 bits per heavy atom. The van der Waals surface area contributed by atoms with Gasteiger partial charge in [-0.3, -0.25) is 0 Å². The molecule has 0 saturated heterocycles. The fourth-order valence-electron chi connectivity index (χ4n) is 18.7. The lowest BCUT2D eigenvalue weighted by Gasteiger charge is -2.46. The van der Waals surface area contributed by atoms with Gasteiger partial charge in [-0.25, -0.2) is 0 Å². The standard InChI is InChI=1S/C115H109BN2O/c1-109(2,3)86-59-81(60-87(68-86)110(4,5)6)79-53-56-98-100(64-79)117(107-92(74-39-25-19-26-40-74)70-90(113(13,14)15)71-93(107)75-41-27-20-28-42-75)102-66-83(78-55-58-105-97(63-78)115(84-47-33-23-34-48-84,85-49-35-24-36-50-85)96-51-37-38-52-104(96)119-105)67-103-106(102)116(98)99-57-54-80(82-61-88(111(7,8)9)69-89(62-82)112(10,11)12)65-101(99)118(103)108-94(76-43-29-21-30-44-76)72-91(114(16,17)18)73-95(108)77-45-31-22-32-46-77/h19-73H,1-18H3. The number of nitrogens with zero attached hydrogens (tertiary/aromatic N) is 2. The molecule has 0 bridgehead atoms. The van der Waals surface area contributed by atoms with Crippen molar-refractivity contribution in [3.63, 3.8) is 0 Å². The van der Waals surface area contributed by atoms with E-state index < -0.39 is 5.41 Å². The molecule has 18 rings (SSSR count). The third-order valence-corrected chi connectivity index (χ3v) is 25.4. The Kier molecular flexibility index (Phi) is 19.1. The van der Waals surface area contributed by atoms with E-state index in [-0.39, 0.29) is 39.2 Å². The molecule has 0 N–H and O–H groups in total. The van der Waals surface area contributed by atoms with Crippen LogP contribution in [0.2, 0.25) is 0 Å². The first kappa shape index (κ1) is 78.0. The highest BCUT2D eigenvalue weighted by atomic mass is 16.5. The predicted molar refractivity (Wildman–Crippen MR) is 509 cm³/mol. The second kappa shape index (κ2) is 29.1. The predicted octanol–water partition coefficient (Wildman–Crippen LogP) is 29.7. The molecule has 3 heterocycles. The quantitative estimate of drug-likeness (QED) is 0.120. The zero-order chi connectivity index (χ0) is 83.0. The van der Waals surface area contributed by atoms with Crippen molar-refractivity contribution in [2.24, 2.45) is 0 Å². The maximum absolute atomic E-state index is 7.32. The first-order chi connectivity index (χ1) is 56.8. The van der Waals surface area contributed by atoms with Crippen LogP contribution in [0.3, 0.4) is 0 Å². The number of ether oxygens (including phenoxy) is 1. The van der Waals surface area contributed by atoms with Crippen LogP contribution in [0.1, 0.15) is 180 Å². The zero-order valence-electron chi connectivity index (χ0n) is 72.6. The van der Waals surface area contributed by atoms with Crippen molar-refractivity contribution in [3.8, 4) is 89.4 Å². The summed E-state index contributed by atoms with van der Waals surface area (Å²) < 4.78 is 7.32. The summed E-state index contributed by atoms with van der Waals surface area (Å²) in [4.78, 5) is 5.51. The first-order valence-corrected chi connectivity index (χ1v) is 42.8. The van der Waals surface area contributed by atoms with Crippen molar-refractivity contribution in [3.05, 3.63) is 389 Å². The number of fused-ring (bicyclic) bond motifs is 6. The Morgan fingerprint density at radius 3 is 0.849 bits per heavy atom. The summed E-state index contributed by atoms with van der Waals surface area (Å²) in [6.45, 7) is 42.2. The minimum absolute atomic E-state index is 0.132. The van der Waals surface area contributed by atoms with E-state index in [1.165, 1.54) is 60.9 Å². The lowest BCUT2D eigenvalue weighted by Crippen LogP contribution is -2.61. The highest BCUT2D eigenvalue weighted by Gasteiger charge is 2.49. The van der Waals surface area contributed by atoms with Crippen LogP contribution in [0.15, 0.2) is 334 Å². The Labute approximate surface area is 708 Å². The first-order valence-electron chi connectivity index (χ1n) is 42.8. The zero-order valence-corrected chi connectivity index (χ0v) is 72.6. The summed E-state index contributed by atoms with van der Waals surface area (Å²) in [6, 6.07) is 128. The average molecular weight is 1550 g/mol. The molecule has 0 saturated carbocycles. The van der Waals surface area contributed by atoms with E-state index >= 15 is 0 Å². The molecule has 0 aromatic heterocycles. The molecule has 0 spiro atoms. The molecular formula is C115H109BN2O. The van der Waals surface area contributed by atoms with Gasteiger partial charge in [0.25, 0.3) is 6.71 Å². The SMILES string of the molecule is CC(C)(C)c1cc(-c2ccc3c(c2)N(c2c(-c4ccccc4)cc(C(C)(C)C)cc2-c2ccccc2)c2cc(-c4ccc5c(c4)C(c4ccccc4)(c4ccccc4)c4ccccc4O5)cc4c2B3c2ccc(-c3cc(C(C)(C)C)cc(C(C)(C)C)c3)cc2N4c2c(-c3ccccc3)cc(C(C)(C)C)cc2-c2ccccc2)cc(C(C)(C)C)c1. The van der Waals surface area contributed by atoms with Gasteiger partial charge in [-0.2, -0.15) is 0 Å². The monoisotopic (exact) mass is 1540 g/mol. The Balaban J connectivity index is 1.06. The summed E-state index contributed by atoms with van der Waals surface area (Å²) >= 11 is 0. The average Bonchev–Trinajstić information content (AvgIpc) is 0.689. The van der Waals surface area contributed by atoms with Crippen LogP contribution in [-0.4, -0.2) is 6.71 Å². The van der Waals surface area contributed by atoms with Crippen LogP contribution in [0.25, 0.3) is 77.9 Å². The van der Waals surface area contributed by atoms with E-state index in [2.05, 4.69) is 468 Å².